The Morgan fingerprint density at radius 2 is 2.00 bits per heavy atom. The highest BCUT2D eigenvalue weighted by molar-refractivity contribution is 5.98. The number of carbonyl (C=O) groups excluding carboxylic acids is 1. The van der Waals surface area contributed by atoms with Gasteiger partial charge in [0.2, 0.25) is 0 Å². The van der Waals surface area contributed by atoms with E-state index in [1.807, 2.05) is 0 Å². The van der Waals surface area contributed by atoms with Gasteiger partial charge in [-0.15, -0.1) is 0 Å². The molecule has 1 heterocycles. The van der Waals surface area contributed by atoms with Crippen LogP contribution in [0.1, 0.15) is 67.8 Å². The lowest BCUT2D eigenvalue weighted by molar-refractivity contribution is 0.0971. The van der Waals surface area contributed by atoms with E-state index in [1.165, 1.54) is 17.8 Å². The fraction of sp³-hybridized carbons (Fsp3) is 0.667. The predicted molar refractivity (Wildman–Crippen MR) is 70.6 cm³/mol. The predicted octanol–water partition coefficient (Wildman–Crippen LogP) is 3.92. The van der Waals surface area contributed by atoms with Crippen LogP contribution in [0, 0.1) is 12.8 Å². The van der Waals surface area contributed by atoms with Crippen molar-refractivity contribution < 1.29 is 4.79 Å². The fourth-order valence-electron chi connectivity index (χ4n) is 3.15. The molecule has 0 saturated heterocycles. The van der Waals surface area contributed by atoms with Gasteiger partial charge in [0, 0.05) is 29.4 Å². The zero-order valence-corrected chi connectivity index (χ0v) is 11.4. The van der Waals surface area contributed by atoms with E-state index >= 15 is 0 Å². The molecule has 2 heteroatoms. The van der Waals surface area contributed by atoms with Crippen LogP contribution in [0.15, 0.2) is 6.07 Å². The summed E-state index contributed by atoms with van der Waals surface area (Å²) in [6, 6.07) is 2.60. The summed E-state index contributed by atoms with van der Waals surface area (Å²) < 4.78 is 2.40. The van der Waals surface area contributed by atoms with Gasteiger partial charge >= 0.3 is 0 Å². The molecule has 0 bridgehead atoms. The summed E-state index contributed by atoms with van der Waals surface area (Å²) in [4.78, 5) is 11.9. The minimum absolute atomic E-state index is 0.338. The Morgan fingerprint density at radius 1 is 1.29 bits per heavy atom. The van der Waals surface area contributed by atoms with Gasteiger partial charge in [-0.25, -0.2) is 0 Å². The second-order valence-electron chi connectivity index (χ2n) is 5.77. The maximum absolute atomic E-state index is 11.9. The van der Waals surface area contributed by atoms with Crippen molar-refractivity contribution in [1.29, 1.82) is 0 Å². The monoisotopic (exact) mass is 233 g/mol. The number of hydrogen-bond acceptors (Lipinski definition) is 1. The molecule has 0 saturated carbocycles. The highest BCUT2D eigenvalue weighted by Crippen LogP contribution is 2.30. The normalized spacial score (nSPS) is 17.4. The van der Waals surface area contributed by atoms with E-state index in [0.29, 0.717) is 17.7 Å². The number of aryl methyl sites for hydroxylation is 1. The first-order valence-corrected chi connectivity index (χ1v) is 6.74. The van der Waals surface area contributed by atoms with Crippen LogP contribution in [-0.4, -0.2) is 10.4 Å². The van der Waals surface area contributed by atoms with E-state index in [9.17, 15) is 4.79 Å². The van der Waals surface area contributed by atoms with Gasteiger partial charge in [0.25, 0.3) is 0 Å². The van der Waals surface area contributed by atoms with Gasteiger partial charge < -0.3 is 4.57 Å². The molecule has 2 nitrogen and oxygen atoms in total. The molecule has 1 aromatic heterocycles. The molecule has 0 aliphatic heterocycles. The molecule has 1 unspecified atom stereocenters. The molecule has 0 spiro atoms. The SMILES string of the molecule is Cc1cc2c(n1C(C)CC(C)C)CCCC2=O. The van der Waals surface area contributed by atoms with Crippen molar-refractivity contribution in [3.05, 3.63) is 23.0 Å². The third-order valence-corrected chi connectivity index (χ3v) is 3.71. The maximum atomic E-state index is 11.9. The van der Waals surface area contributed by atoms with E-state index in [-0.39, 0.29) is 0 Å². The van der Waals surface area contributed by atoms with Crippen molar-refractivity contribution in [2.24, 2.45) is 5.92 Å². The minimum atomic E-state index is 0.338. The quantitative estimate of drug-likeness (QED) is 0.775. The van der Waals surface area contributed by atoms with Gasteiger partial charge in [0.1, 0.15) is 0 Å². The lowest BCUT2D eigenvalue weighted by Gasteiger charge is -2.23. The highest BCUT2D eigenvalue weighted by atomic mass is 16.1. The van der Waals surface area contributed by atoms with Gasteiger partial charge in [0.05, 0.1) is 0 Å². The second kappa shape index (κ2) is 4.67. The number of aromatic nitrogens is 1. The van der Waals surface area contributed by atoms with Crippen LogP contribution in [0.25, 0.3) is 0 Å². The number of ketones is 1. The van der Waals surface area contributed by atoms with Crippen LogP contribution in [-0.2, 0) is 6.42 Å². The van der Waals surface area contributed by atoms with Crippen LogP contribution >= 0.6 is 0 Å². The number of rotatable bonds is 3. The number of hydrogen-bond donors (Lipinski definition) is 0. The molecule has 1 aliphatic carbocycles. The zero-order chi connectivity index (χ0) is 12.6. The third kappa shape index (κ3) is 2.31. The largest absolute Gasteiger partial charge is 0.345 e. The van der Waals surface area contributed by atoms with Crippen LogP contribution in [0.2, 0.25) is 0 Å². The first kappa shape index (κ1) is 12.4. The van der Waals surface area contributed by atoms with Crippen molar-refractivity contribution >= 4 is 5.78 Å². The summed E-state index contributed by atoms with van der Waals surface area (Å²) in [5, 5.41) is 0. The number of carbonyl (C=O) groups is 1. The molecule has 0 aromatic carbocycles. The molecule has 1 aliphatic rings. The van der Waals surface area contributed by atoms with E-state index in [4.69, 9.17) is 0 Å². The second-order valence-corrected chi connectivity index (χ2v) is 5.77. The first-order chi connectivity index (χ1) is 8.00. The third-order valence-electron chi connectivity index (χ3n) is 3.71. The Labute approximate surface area is 104 Å². The average molecular weight is 233 g/mol. The summed E-state index contributed by atoms with van der Waals surface area (Å²) in [5.41, 5.74) is 3.52. The molecule has 0 fully saturated rings. The lowest BCUT2D eigenvalue weighted by atomic mass is 9.96. The number of nitrogens with zero attached hydrogens (tertiary/aromatic N) is 1. The summed E-state index contributed by atoms with van der Waals surface area (Å²) in [7, 11) is 0. The molecule has 0 radical (unpaired) electrons. The molecule has 17 heavy (non-hydrogen) atoms. The summed E-state index contributed by atoms with van der Waals surface area (Å²) in [6.07, 6.45) is 3.99. The van der Waals surface area contributed by atoms with Crippen molar-refractivity contribution in [3.8, 4) is 0 Å². The lowest BCUT2D eigenvalue weighted by Crippen LogP contribution is -2.17. The van der Waals surface area contributed by atoms with Crippen molar-refractivity contribution in [1.82, 2.24) is 4.57 Å². The average Bonchev–Trinajstić information content (AvgIpc) is 2.55. The maximum Gasteiger partial charge on any atom is 0.164 e. The van der Waals surface area contributed by atoms with Crippen LogP contribution < -0.4 is 0 Å². The van der Waals surface area contributed by atoms with Gasteiger partial charge in [-0.1, -0.05) is 13.8 Å². The molecule has 1 aromatic rings. The Hall–Kier alpha value is -1.05. The van der Waals surface area contributed by atoms with Crippen LogP contribution in [0.5, 0.6) is 0 Å². The molecule has 2 rings (SSSR count). The van der Waals surface area contributed by atoms with E-state index in [1.54, 1.807) is 0 Å². The Kier molecular flexibility index (Phi) is 3.41. The molecule has 1 atom stereocenters. The number of Topliss-reactive ketones (excluding diaryl/α,β-unsaturated/α-hetero) is 1. The van der Waals surface area contributed by atoms with Crippen LogP contribution in [0.4, 0.5) is 0 Å². The zero-order valence-electron chi connectivity index (χ0n) is 11.4. The fourth-order valence-corrected chi connectivity index (χ4v) is 3.15. The van der Waals surface area contributed by atoms with Gasteiger partial charge in [-0.3, -0.25) is 4.79 Å². The van der Waals surface area contributed by atoms with Gasteiger partial charge in [0.15, 0.2) is 5.78 Å². The Morgan fingerprint density at radius 3 is 2.65 bits per heavy atom. The van der Waals surface area contributed by atoms with E-state index in [0.717, 1.165) is 24.8 Å². The standard InChI is InChI=1S/C15H23NO/c1-10(2)8-11(3)16-12(4)9-13-14(16)6-5-7-15(13)17/h9-11H,5-8H2,1-4H3. The Balaban J connectivity index is 2.37. The number of fused-ring (bicyclic) bond motifs is 1. The van der Waals surface area contributed by atoms with E-state index in [2.05, 4.69) is 38.3 Å². The van der Waals surface area contributed by atoms with E-state index < -0.39 is 0 Å². The first-order valence-electron chi connectivity index (χ1n) is 6.74. The van der Waals surface area contributed by atoms with Gasteiger partial charge in [-0.05, 0) is 45.1 Å². The smallest absolute Gasteiger partial charge is 0.164 e. The molecular formula is C15H23NO. The minimum Gasteiger partial charge on any atom is -0.345 e. The summed E-state index contributed by atoms with van der Waals surface area (Å²) in [5.74, 6) is 1.03. The van der Waals surface area contributed by atoms with Crippen molar-refractivity contribution in [3.63, 3.8) is 0 Å². The summed E-state index contributed by atoms with van der Waals surface area (Å²) in [6.45, 7) is 8.91. The van der Waals surface area contributed by atoms with Crippen molar-refractivity contribution in [2.45, 2.75) is 59.4 Å². The summed E-state index contributed by atoms with van der Waals surface area (Å²) >= 11 is 0. The molecular weight excluding hydrogens is 210 g/mol. The highest BCUT2D eigenvalue weighted by Gasteiger charge is 2.24. The van der Waals surface area contributed by atoms with Crippen LogP contribution in [0.3, 0.4) is 0 Å². The van der Waals surface area contributed by atoms with Gasteiger partial charge in [-0.2, -0.15) is 0 Å². The molecule has 0 N–H and O–H groups in total. The molecule has 94 valence electrons. The molecule has 0 amide bonds. The Bertz CT molecular complexity index is 428. The van der Waals surface area contributed by atoms with Crippen molar-refractivity contribution in [2.75, 3.05) is 0 Å². The topological polar surface area (TPSA) is 22.0 Å².